The van der Waals surface area contributed by atoms with Crippen LogP contribution in [0, 0.1) is 0 Å². The minimum atomic E-state index is -1.58. The van der Waals surface area contributed by atoms with Crippen molar-refractivity contribution in [2.45, 2.75) is 506 Å². The number of aliphatic hydroxyl groups excluding tert-OH is 5. The van der Waals surface area contributed by atoms with Gasteiger partial charge in [-0.3, -0.25) is 9.59 Å². The molecule has 0 spiro atoms. The SMILES string of the molecule is CCCCCCC/C=C/CC/C=C/CC/C=C/C(O)C(COC1OC(CO)C(O)C(O)C1O)NC(=O)CCCCCCCCCCCCCCCCCCCCCCCCCCCCCCCCCCCCCCCCCOC(=O)CCCCCCCCCCCCCCCCCCCCC. The Labute approximate surface area is 625 Å². The van der Waals surface area contributed by atoms with Gasteiger partial charge in [-0.1, -0.05) is 429 Å². The fraction of sp³-hybridized carbons (Fsp3) is 0.911. The lowest BCUT2D eigenvalue weighted by Crippen LogP contribution is -2.60. The van der Waals surface area contributed by atoms with Crippen molar-refractivity contribution in [2.24, 2.45) is 0 Å². The van der Waals surface area contributed by atoms with E-state index in [2.05, 4.69) is 43.5 Å². The first-order chi connectivity index (χ1) is 49.7. The molecule has 1 fully saturated rings. The van der Waals surface area contributed by atoms with Gasteiger partial charge in [-0.2, -0.15) is 0 Å². The summed E-state index contributed by atoms with van der Waals surface area (Å²) in [4.78, 5) is 25.3. The minimum absolute atomic E-state index is 0.0240. The van der Waals surface area contributed by atoms with E-state index in [0.717, 1.165) is 64.2 Å². The largest absolute Gasteiger partial charge is 0.466 e. The predicted molar refractivity (Wildman–Crippen MR) is 431 cm³/mol. The van der Waals surface area contributed by atoms with Crippen molar-refractivity contribution in [3.63, 3.8) is 0 Å². The Morgan fingerprint density at radius 1 is 0.356 bits per heavy atom. The highest BCUT2D eigenvalue weighted by Gasteiger charge is 2.44. The zero-order valence-electron chi connectivity index (χ0n) is 66.9. The summed E-state index contributed by atoms with van der Waals surface area (Å²) >= 11 is 0. The lowest BCUT2D eigenvalue weighted by atomic mass is 9.99. The first kappa shape index (κ1) is 96.9. The van der Waals surface area contributed by atoms with Crippen molar-refractivity contribution in [3.05, 3.63) is 36.5 Å². The molecule has 101 heavy (non-hydrogen) atoms. The van der Waals surface area contributed by atoms with Crippen LogP contribution in [-0.4, -0.2) is 100 Å². The quantitative estimate of drug-likeness (QED) is 0.0195. The van der Waals surface area contributed by atoms with Crippen LogP contribution < -0.4 is 5.32 Å². The van der Waals surface area contributed by atoms with Crippen LogP contribution in [0.25, 0.3) is 0 Å². The number of unbranched alkanes of at least 4 members (excludes halogenated alkanes) is 63. The van der Waals surface area contributed by atoms with Gasteiger partial charge < -0.3 is 45.1 Å². The lowest BCUT2D eigenvalue weighted by Gasteiger charge is -2.40. The number of hydrogen-bond acceptors (Lipinski definition) is 10. The second-order valence-electron chi connectivity index (χ2n) is 31.3. The van der Waals surface area contributed by atoms with Gasteiger partial charge in [0.2, 0.25) is 5.91 Å². The summed E-state index contributed by atoms with van der Waals surface area (Å²) in [5.74, 6) is -0.164. The van der Waals surface area contributed by atoms with E-state index in [1.54, 1.807) is 6.08 Å². The number of nitrogens with one attached hydrogen (secondary N) is 1. The van der Waals surface area contributed by atoms with Gasteiger partial charge >= 0.3 is 5.97 Å². The summed E-state index contributed by atoms with van der Waals surface area (Å²) < 4.78 is 16.8. The number of esters is 1. The Morgan fingerprint density at radius 3 is 0.980 bits per heavy atom. The Balaban J connectivity index is 1.86. The van der Waals surface area contributed by atoms with E-state index in [0.29, 0.717) is 19.4 Å². The van der Waals surface area contributed by atoms with E-state index in [4.69, 9.17) is 14.2 Å². The normalized spacial score (nSPS) is 17.2. The molecule has 1 aliphatic heterocycles. The number of aliphatic hydroxyl groups is 5. The van der Waals surface area contributed by atoms with Crippen LogP contribution in [0.5, 0.6) is 0 Å². The number of allylic oxidation sites excluding steroid dienone is 5. The lowest BCUT2D eigenvalue weighted by molar-refractivity contribution is -0.302. The van der Waals surface area contributed by atoms with Crippen LogP contribution >= 0.6 is 0 Å². The van der Waals surface area contributed by atoms with Crippen molar-refractivity contribution in [3.8, 4) is 0 Å². The average Bonchev–Trinajstić information content (AvgIpc) is 0.830. The molecule has 1 rings (SSSR count). The molecule has 0 aromatic heterocycles. The first-order valence-electron chi connectivity index (χ1n) is 44.8. The third kappa shape index (κ3) is 67.0. The number of ether oxygens (including phenoxy) is 3. The molecule has 6 N–H and O–H groups in total. The van der Waals surface area contributed by atoms with Crippen LogP contribution in [0.1, 0.15) is 463 Å². The zero-order chi connectivity index (χ0) is 72.9. The van der Waals surface area contributed by atoms with Crippen LogP contribution in [0.3, 0.4) is 0 Å². The molecule has 0 radical (unpaired) electrons. The molecule has 11 heteroatoms. The van der Waals surface area contributed by atoms with Gasteiger partial charge in [0.15, 0.2) is 6.29 Å². The smallest absolute Gasteiger partial charge is 0.305 e. The Morgan fingerprint density at radius 2 is 0.644 bits per heavy atom. The molecule has 11 nitrogen and oxygen atoms in total. The van der Waals surface area contributed by atoms with Crippen LogP contribution in [0.4, 0.5) is 0 Å². The fourth-order valence-electron chi connectivity index (χ4n) is 14.5. The molecule has 1 saturated heterocycles. The maximum atomic E-state index is 13.1. The topological polar surface area (TPSA) is 175 Å². The third-order valence-electron chi connectivity index (χ3n) is 21.5. The predicted octanol–water partition coefficient (Wildman–Crippen LogP) is 25.2. The molecule has 7 atom stereocenters. The summed E-state index contributed by atoms with van der Waals surface area (Å²) in [5, 5.41) is 54.6. The van der Waals surface area contributed by atoms with Gasteiger partial charge in [-0.25, -0.2) is 0 Å². The summed E-state index contributed by atoms with van der Waals surface area (Å²) in [6, 6.07) is -0.831. The summed E-state index contributed by atoms with van der Waals surface area (Å²) in [7, 11) is 0. The highest BCUT2D eigenvalue weighted by atomic mass is 16.7. The molecule has 1 heterocycles. The maximum absolute atomic E-state index is 13.1. The van der Waals surface area contributed by atoms with Crippen molar-refractivity contribution in [1.82, 2.24) is 5.32 Å². The van der Waals surface area contributed by atoms with Gasteiger partial charge in [-0.05, 0) is 57.8 Å². The molecule has 7 unspecified atom stereocenters. The highest BCUT2D eigenvalue weighted by molar-refractivity contribution is 5.76. The van der Waals surface area contributed by atoms with E-state index in [9.17, 15) is 35.1 Å². The third-order valence-corrected chi connectivity index (χ3v) is 21.5. The molecule has 1 amide bonds. The van der Waals surface area contributed by atoms with E-state index in [1.165, 1.54) is 372 Å². The molecule has 1 aliphatic rings. The number of carbonyl (C=O) groups is 2. The monoisotopic (exact) mass is 1430 g/mol. The molecule has 0 aromatic carbocycles. The molecule has 0 aromatic rings. The van der Waals surface area contributed by atoms with Crippen LogP contribution in [0.15, 0.2) is 36.5 Å². The van der Waals surface area contributed by atoms with Crippen LogP contribution in [0.2, 0.25) is 0 Å². The van der Waals surface area contributed by atoms with Gasteiger partial charge in [0.25, 0.3) is 0 Å². The number of rotatable bonds is 81. The summed E-state index contributed by atoms with van der Waals surface area (Å²) in [6.07, 6.45) is 95.1. The second kappa shape index (κ2) is 78.9. The Kier molecular flexibility index (Phi) is 75.7. The summed E-state index contributed by atoms with van der Waals surface area (Å²) in [5.41, 5.74) is 0. The van der Waals surface area contributed by atoms with Gasteiger partial charge in [-0.15, -0.1) is 0 Å². The first-order valence-corrected chi connectivity index (χ1v) is 44.8. The Hall–Kier alpha value is -2.12. The second-order valence-corrected chi connectivity index (χ2v) is 31.3. The number of amides is 1. The number of hydrogen-bond donors (Lipinski definition) is 6. The fourth-order valence-corrected chi connectivity index (χ4v) is 14.5. The van der Waals surface area contributed by atoms with Crippen molar-refractivity contribution >= 4 is 11.9 Å². The highest BCUT2D eigenvalue weighted by Crippen LogP contribution is 2.24. The molecule has 0 bridgehead atoms. The van der Waals surface area contributed by atoms with E-state index < -0.39 is 49.5 Å². The standard InChI is InChI=1S/C90H171NO10/c1-3-5-7-9-11-13-15-17-19-20-42-46-50-54-58-62-66-70-74-78-86(95)99-79-75-71-67-63-59-55-51-47-44-41-39-37-35-33-31-29-27-25-23-21-22-24-26-28-30-32-34-36-38-40-43-45-49-53-57-61-65-69-73-77-85(94)91-82(81-100-90-89(98)88(97)87(96)84(80-92)101-90)83(93)76-72-68-64-60-56-52-48-18-16-14-12-10-8-6-4-2/h16,18,56,60,72,76,82-84,87-90,92-93,96-98H,3-15,17,19-55,57-59,61-71,73-75,77-81H2,1-2H3,(H,91,94)/b18-16+,60-56+,76-72+. The van der Waals surface area contributed by atoms with Crippen molar-refractivity contribution < 1.29 is 49.3 Å². The van der Waals surface area contributed by atoms with Gasteiger partial charge in [0, 0.05) is 12.8 Å². The van der Waals surface area contributed by atoms with Gasteiger partial charge in [0.1, 0.15) is 24.4 Å². The zero-order valence-corrected chi connectivity index (χ0v) is 66.9. The van der Waals surface area contributed by atoms with Gasteiger partial charge in [0.05, 0.1) is 32.0 Å². The Bertz CT molecular complexity index is 1770. The average molecular weight is 1430 g/mol. The summed E-state index contributed by atoms with van der Waals surface area (Å²) in [6.45, 7) is 4.39. The van der Waals surface area contributed by atoms with E-state index in [-0.39, 0.29) is 18.5 Å². The van der Waals surface area contributed by atoms with Crippen LogP contribution in [-0.2, 0) is 23.8 Å². The molecule has 0 saturated carbocycles. The van der Waals surface area contributed by atoms with E-state index >= 15 is 0 Å². The molecular formula is C90H171NO10. The van der Waals surface area contributed by atoms with Crippen molar-refractivity contribution in [2.75, 3.05) is 19.8 Å². The molecule has 596 valence electrons. The molecule has 0 aliphatic carbocycles. The number of carbonyl (C=O) groups excluding carboxylic acids is 2. The van der Waals surface area contributed by atoms with E-state index in [1.807, 2.05) is 6.08 Å². The maximum Gasteiger partial charge on any atom is 0.305 e. The molecular weight excluding hydrogens is 1250 g/mol. The van der Waals surface area contributed by atoms with Crippen molar-refractivity contribution in [1.29, 1.82) is 0 Å². The minimum Gasteiger partial charge on any atom is -0.466 e.